The molecule has 0 radical (unpaired) electrons. The minimum Gasteiger partial charge on any atom is -0.505 e. The molecule has 0 spiro atoms. The van der Waals surface area contributed by atoms with Crippen molar-refractivity contribution >= 4 is 44.8 Å². The van der Waals surface area contributed by atoms with Crippen LogP contribution < -0.4 is 15.4 Å². The van der Waals surface area contributed by atoms with Gasteiger partial charge in [0.2, 0.25) is 0 Å². The normalized spacial score (nSPS) is 18.7. The quantitative estimate of drug-likeness (QED) is 0.264. The fourth-order valence-corrected chi connectivity index (χ4v) is 7.59. The molecule has 0 aromatic heterocycles. The number of fused-ring (bicyclic) bond motifs is 2. The number of amides is 2. The highest BCUT2D eigenvalue weighted by Crippen LogP contribution is 2.47. The summed E-state index contributed by atoms with van der Waals surface area (Å²) >= 11 is 3.56. The van der Waals surface area contributed by atoms with Gasteiger partial charge in [-0.2, -0.15) is 15.6 Å². The summed E-state index contributed by atoms with van der Waals surface area (Å²) in [6, 6.07) is 22.7. The number of aromatic hydroxyl groups is 1. The van der Waals surface area contributed by atoms with E-state index in [1.54, 1.807) is 29.4 Å². The fraction of sp³-hybridized carbons (Fsp3) is 0.324. The fourth-order valence-electron chi connectivity index (χ4n) is 6.95. The number of hydrazone groups is 1. The van der Waals surface area contributed by atoms with Gasteiger partial charge in [-0.1, -0.05) is 119 Å². The van der Waals surface area contributed by atoms with E-state index in [1.165, 1.54) is 4.90 Å². The van der Waals surface area contributed by atoms with Gasteiger partial charge in [-0.05, 0) is 52.7 Å². The number of para-hydroxylation sites is 1. The second kappa shape index (κ2) is 10.8. The van der Waals surface area contributed by atoms with Crippen molar-refractivity contribution in [2.75, 3.05) is 10.0 Å². The average molecular weight is 668 g/mol. The molecule has 2 aliphatic heterocycles. The number of carbonyl (C=O) groups excluding carboxylic acids is 2. The minimum atomic E-state index is -0.532. The molecule has 3 aromatic carbocycles. The molecular formula is C37H39BrN4O3. The molecule has 0 fully saturated rings. The Bertz CT molecular complexity index is 1800. The Hall–Kier alpha value is -4.01. The van der Waals surface area contributed by atoms with Gasteiger partial charge in [0, 0.05) is 15.5 Å². The summed E-state index contributed by atoms with van der Waals surface area (Å²) in [5.74, 6) is -0.718. The summed E-state index contributed by atoms with van der Waals surface area (Å²) in [5, 5.41) is 18.5. The third kappa shape index (κ3) is 5.34. The summed E-state index contributed by atoms with van der Waals surface area (Å²) in [6.07, 6.45) is 2.76. The Morgan fingerprint density at radius 2 is 1.44 bits per heavy atom. The zero-order valence-corrected chi connectivity index (χ0v) is 28.4. The lowest BCUT2D eigenvalue weighted by atomic mass is 9.70. The molecule has 0 saturated carbocycles. The van der Waals surface area contributed by atoms with Crippen LogP contribution in [0.3, 0.4) is 0 Å². The molecule has 2 amide bonds. The van der Waals surface area contributed by atoms with Crippen LogP contribution in [-0.4, -0.2) is 28.7 Å². The third-order valence-corrected chi connectivity index (χ3v) is 9.57. The molecule has 2 N–H and O–H groups in total. The summed E-state index contributed by atoms with van der Waals surface area (Å²) in [5.41, 5.74) is 7.57. The molecule has 7 nitrogen and oxygen atoms in total. The monoisotopic (exact) mass is 666 g/mol. The Balaban J connectivity index is 1.48. The smallest absolute Gasteiger partial charge is 0.268 e. The predicted molar refractivity (Wildman–Crippen MR) is 184 cm³/mol. The Morgan fingerprint density at radius 1 is 0.844 bits per heavy atom. The third-order valence-electron chi connectivity index (χ3n) is 8.91. The van der Waals surface area contributed by atoms with E-state index in [2.05, 4.69) is 88.0 Å². The number of phenolic OH excluding ortho intramolecular Hbond substituents is 1. The number of carbonyl (C=O) groups is 2. The molecule has 0 unspecified atom stereocenters. The number of nitrogens with one attached hydrogen (secondary N) is 1. The lowest BCUT2D eigenvalue weighted by molar-refractivity contribution is -0.120. The first-order valence-corrected chi connectivity index (χ1v) is 16.0. The standard InChI is InChI=1S/C37H39BrN4O3/c1-35(2,3)21-36(4,5)23-18-25(37(6,7)22-14-10-8-11-15-22)32(43)28(19-23)42-39-27-20-26(38)29-30(31(27)40-42)34(45)41(33(29)44)24-16-12-9-13-17-24/h8-20,27,39,43H,21H2,1-7H3/t27-/m0/s1. The molecule has 45 heavy (non-hydrogen) atoms. The van der Waals surface area contributed by atoms with E-state index < -0.39 is 23.3 Å². The van der Waals surface area contributed by atoms with Crippen molar-refractivity contribution < 1.29 is 14.7 Å². The Morgan fingerprint density at radius 3 is 2.07 bits per heavy atom. The molecule has 1 aliphatic carbocycles. The first-order valence-electron chi connectivity index (χ1n) is 15.2. The van der Waals surface area contributed by atoms with Gasteiger partial charge in [0.25, 0.3) is 11.8 Å². The lowest BCUT2D eigenvalue weighted by Crippen LogP contribution is -2.39. The van der Waals surface area contributed by atoms with Crippen LogP contribution in [0, 0.1) is 5.41 Å². The van der Waals surface area contributed by atoms with Gasteiger partial charge in [-0.3, -0.25) is 9.59 Å². The van der Waals surface area contributed by atoms with Crippen molar-refractivity contribution in [2.24, 2.45) is 10.5 Å². The number of hydrazine groups is 1. The zero-order valence-electron chi connectivity index (χ0n) is 26.8. The van der Waals surface area contributed by atoms with E-state index in [-0.39, 0.29) is 27.7 Å². The summed E-state index contributed by atoms with van der Waals surface area (Å²) < 4.78 is 0.530. The summed E-state index contributed by atoms with van der Waals surface area (Å²) in [4.78, 5) is 28.6. The largest absolute Gasteiger partial charge is 0.505 e. The average Bonchev–Trinajstić information content (AvgIpc) is 3.50. The first-order chi connectivity index (χ1) is 21.1. The van der Waals surface area contributed by atoms with Gasteiger partial charge < -0.3 is 5.11 Å². The number of phenols is 1. The topological polar surface area (TPSA) is 85.2 Å². The molecule has 6 rings (SSSR count). The van der Waals surface area contributed by atoms with Crippen molar-refractivity contribution in [3.63, 3.8) is 0 Å². The maximum atomic E-state index is 13.8. The molecular weight excluding hydrogens is 628 g/mol. The zero-order chi connectivity index (χ0) is 32.5. The van der Waals surface area contributed by atoms with Gasteiger partial charge in [0.1, 0.15) is 11.4 Å². The van der Waals surface area contributed by atoms with E-state index >= 15 is 0 Å². The second-order valence-electron chi connectivity index (χ2n) is 14.5. The minimum absolute atomic E-state index is 0.0671. The van der Waals surface area contributed by atoms with Crippen LogP contribution in [0.2, 0.25) is 0 Å². The van der Waals surface area contributed by atoms with Crippen LogP contribution in [0.5, 0.6) is 5.75 Å². The van der Waals surface area contributed by atoms with E-state index in [1.807, 2.05) is 36.4 Å². The van der Waals surface area contributed by atoms with Crippen molar-refractivity contribution in [2.45, 2.75) is 71.8 Å². The van der Waals surface area contributed by atoms with E-state index in [4.69, 9.17) is 5.10 Å². The predicted octanol–water partition coefficient (Wildman–Crippen LogP) is 7.64. The van der Waals surface area contributed by atoms with Crippen LogP contribution >= 0.6 is 15.9 Å². The van der Waals surface area contributed by atoms with Gasteiger partial charge >= 0.3 is 0 Å². The summed E-state index contributed by atoms with van der Waals surface area (Å²) in [6.45, 7) is 15.4. The van der Waals surface area contributed by atoms with E-state index in [0.29, 0.717) is 21.6 Å². The molecule has 0 saturated heterocycles. The highest BCUT2D eigenvalue weighted by molar-refractivity contribution is 9.12. The number of rotatable bonds is 6. The van der Waals surface area contributed by atoms with Crippen LogP contribution in [0.4, 0.5) is 11.4 Å². The van der Waals surface area contributed by atoms with Gasteiger partial charge in [-0.25, -0.2) is 4.90 Å². The van der Waals surface area contributed by atoms with Gasteiger partial charge in [0.05, 0.1) is 28.6 Å². The van der Waals surface area contributed by atoms with Crippen LogP contribution in [0.15, 0.2) is 99.6 Å². The molecule has 3 aliphatic rings. The number of benzene rings is 3. The molecule has 8 heteroatoms. The lowest BCUT2D eigenvalue weighted by Gasteiger charge is -2.36. The number of halogens is 1. The first kappa shape index (κ1) is 31.0. The van der Waals surface area contributed by atoms with E-state index in [0.717, 1.165) is 23.1 Å². The van der Waals surface area contributed by atoms with Crippen LogP contribution in [0.25, 0.3) is 0 Å². The van der Waals surface area contributed by atoms with Crippen LogP contribution in [-0.2, 0) is 20.4 Å². The molecule has 232 valence electrons. The maximum Gasteiger partial charge on any atom is 0.268 e. The Kier molecular flexibility index (Phi) is 7.45. The molecule has 0 bridgehead atoms. The number of hydrogen-bond acceptors (Lipinski definition) is 6. The van der Waals surface area contributed by atoms with Crippen LogP contribution in [0.1, 0.15) is 71.6 Å². The van der Waals surface area contributed by atoms with Crippen molar-refractivity contribution in [1.82, 2.24) is 5.43 Å². The van der Waals surface area contributed by atoms with Crippen molar-refractivity contribution in [1.29, 1.82) is 0 Å². The number of nitrogens with zero attached hydrogens (tertiary/aromatic N) is 3. The maximum absolute atomic E-state index is 13.8. The Labute approximate surface area is 273 Å². The highest BCUT2D eigenvalue weighted by atomic mass is 79.9. The molecule has 1 atom stereocenters. The SMILES string of the molecule is CC(C)(C)CC(C)(C)c1cc(N2N=C3C4=C(C(=O)N(c5ccccc5)C4=O)C(Br)=C[C@@H]3N2)c(O)c(C(C)(C)c2ccccc2)c1. The summed E-state index contributed by atoms with van der Waals surface area (Å²) in [7, 11) is 0. The van der Waals surface area contributed by atoms with Crippen molar-refractivity contribution in [3.05, 3.63) is 111 Å². The number of anilines is 2. The number of hydrogen-bond donors (Lipinski definition) is 2. The van der Waals surface area contributed by atoms with Gasteiger partial charge in [-0.15, -0.1) is 0 Å². The highest BCUT2D eigenvalue weighted by Gasteiger charge is 2.48. The second-order valence-corrected chi connectivity index (χ2v) is 15.3. The van der Waals surface area contributed by atoms with Gasteiger partial charge in [0.15, 0.2) is 0 Å². The number of imide groups is 1. The van der Waals surface area contributed by atoms with E-state index in [9.17, 15) is 14.7 Å². The van der Waals surface area contributed by atoms with Crippen molar-refractivity contribution in [3.8, 4) is 5.75 Å². The molecule has 2 heterocycles. The molecule has 3 aromatic rings.